The second-order valence-electron chi connectivity index (χ2n) is 15.6. The number of benzene rings is 5. The number of hydrogen-bond donors (Lipinski definition) is 0. The molecule has 0 amide bonds. The fourth-order valence-corrected chi connectivity index (χ4v) is 10.4. The predicted octanol–water partition coefficient (Wildman–Crippen LogP) is 10.3. The fourth-order valence-electron chi connectivity index (χ4n) is 10.4. The first kappa shape index (κ1) is 31.1. The van der Waals surface area contributed by atoms with E-state index in [1.165, 1.54) is 33.2 Å². The van der Waals surface area contributed by atoms with E-state index in [-0.39, 0.29) is 16.2 Å². The summed E-state index contributed by atoms with van der Waals surface area (Å²) in [6.45, 7) is 10.6. The summed E-state index contributed by atoms with van der Waals surface area (Å²) in [5, 5.41) is 2.28. The maximum Gasteiger partial charge on any atom is 0.178 e. The van der Waals surface area contributed by atoms with Crippen molar-refractivity contribution >= 4 is 16.8 Å². The number of methoxy groups -OCH3 is 3. The molecule has 0 radical (unpaired) electrons. The molecule has 2 aliphatic heterocycles. The fraction of sp³-hybridized carbons (Fsp3) is 0.333. The van der Waals surface area contributed by atoms with Crippen LogP contribution in [0, 0.1) is 10.8 Å². The standard InChI is InChI=1S/C45H44O5/c1-42(2)23-24-43(3,4)45(42)35-11-9-8-10-31(35)38-37-32-21-25-49-41(32)36(48-7)26-34(37)40-33(39(38)45)20-22-44(50-40,27-12-16-29(46-5)17-13-27)28-14-18-30(47-6)19-15-28/h8-20,22,26H,21,23-25H2,1-7H3. The van der Waals surface area contributed by atoms with Crippen molar-refractivity contribution in [3.05, 3.63) is 118 Å². The Morgan fingerprint density at radius 2 is 1.32 bits per heavy atom. The van der Waals surface area contributed by atoms with E-state index in [9.17, 15) is 0 Å². The topological polar surface area (TPSA) is 46.2 Å². The maximum atomic E-state index is 7.71. The number of fused-ring (bicyclic) bond motifs is 12. The monoisotopic (exact) mass is 664 g/mol. The van der Waals surface area contributed by atoms with Crippen LogP contribution in [0.2, 0.25) is 0 Å². The molecule has 5 nitrogen and oxygen atoms in total. The van der Waals surface area contributed by atoms with Crippen molar-refractivity contribution in [2.45, 2.75) is 58.0 Å². The van der Waals surface area contributed by atoms with Crippen LogP contribution in [0.25, 0.3) is 28.0 Å². The van der Waals surface area contributed by atoms with Crippen molar-refractivity contribution in [1.82, 2.24) is 0 Å². The van der Waals surface area contributed by atoms with Crippen molar-refractivity contribution in [2.75, 3.05) is 27.9 Å². The van der Waals surface area contributed by atoms with Gasteiger partial charge >= 0.3 is 0 Å². The molecule has 0 saturated heterocycles. The summed E-state index contributed by atoms with van der Waals surface area (Å²) in [4.78, 5) is 0. The summed E-state index contributed by atoms with van der Waals surface area (Å²) in [7, 11) is 5.13. The quantitative estimate of drug-likeness (QED) is 0.187. The summed E-state index contributed by atoms with van der Waals surface area (Å²) in [5.74, 6) is 4.08. The van der Waals surface area contributed by atoms with Crippen molar-refractivity contribution in [3.8, 4) is 39.9 Å². The molecular formula is C45H44O5. The average Bonchev–Trinajstić information content (AvgIpc) is 3.81. The third kappa shape index (κ3) is 3.78. The van der Waals surface area contributed by atoms with Crippen molar-refractivity contribution in [3.63, 3.8) is 0 Å². The Labute approximate surface area is 294 Å². The Balaban J connectivity index is 1.44. The lowest BCUT2D eigenvalue weighted by Crippen LogP contribution is -2.47. The van der Waals surface area contributed by atoms with Crippen molar-refractivity contribution in [2.24, 2.45) is 10.8 Å². The highest BCUT2D eigenvalue weighted by Gasteiger charge is 2.66. The molecule has 9 rings (SSSR count). The predicted molar refractivity (Wildman–Crippen MR) is 199 cm³/mol. The summed E-state index contributed by atoms with van der Waals surface area (Å²) in [6, 6.07) is 27.8. The molecule has 0 N–H and O–H groups in total. The summed E-state index contributed by atoms with van der Waals surface area (Å²) >= 11 is 0. The van der Waals surface area contributed by atoms with Gasteiger partial charge in [-0.1, -0.05) is 82.3 Å². The average molecular weight is 665 g/mol. The summed E-state index contributed by atoms with van der Waals surface area (Å²) in [5.41, 5.74) is 8.66. The van der Waals surface area contributed by atoms with E-state index in [4.69, 9.17) is 23.7 Å². The summed E-state index contributed by atoms with van der Waals surface area (Å²) in [6.07, 6.45) is 7.71. The van der Waals surface area contributed by atoms with Gasteiger partial charge in [0.1, 0.15) is 17.2 Å². The minimum atomic E-state index is -0.922. The molecule has 0 bridgehead atoms. The highest BCUT2D eigenvalue weighted by atomic mass is 16.5. The maximum absolute atomic E-state index is 7.71. The molecule has 5 aromatic rings. The van der Waals surface area contributed by atoms with E-state index in [0.29, 0.717) is 6.61 Å². The molecule has 2 aliphatic carbocycles. The van der Waals surface area contributed by atoms with Crippen LogP contribution in [0.15, 0.2) is 84.9 Å². The minimum Gasteiger partial charge on any atom is -0.497 e. The lowest BCUT2D eigenvalue weighted by Gasteiger charge is -2.50. The molecule has 5 heteroatoms. The first-order chi connectivity index (χ1) is 24.1. The van der Waals surface area contributed by atoms with E-state index in [1.54, 1.807) is 21.3 Å². The Kier molecular flexibility index (Phi) is 6.57. The van der Waals surface area contributed by atoms with Gasteiger partial charge in [-0.05, 0) is 82.3 Å². The van der Waals surface area contributed by atoms with Crippen LogP contribution in [0.3, 0.4) is 0 Å². The minimum absolute atomic E-state index is 0.0141. The van der Waals surface area contributed by atoms with Crippen LogP contribution < -0.4 is 23.7 Å². The van der Waals surface area contributed by atoms with Crippen LogP contribution in [0.1, 0.15) is 73.9 Å². The lowest BCUT2D eigenvalue weighted by molar-refractivity contribution is 0.144. The van der Waals surface area contributed by atoms with Crippen molar-refractivity contribution < 1.29 is 23.7 Å². The molecule has 1 spiro atoms. The SMILES string of the molecule is COc1ccc(C2(c3ccc(OC)cc3)C=Cc3c4c(c5c6c(c(OC)cc5c3O2)OCC6)-c2ccccc2C42C(C)(C)CCC2(C)C)cc1. The van der Waals surface area contributed by atoms with Crippen LogP contribution in [0.4, 0.5) is 0 Å². The molecule has 50 heavy (non-hydrogen) atoms. The van der Waals surface area contributed by atoms with E-state index in [1.807, 2.05) is 24.3 Å². The van der Waals surface area contributed by atoms with Crippen molar-refractivity contribution in [1.29, 1.82) is 0 Å². The van der Waals surface area contributed by atoms with Gasteiger partial charge < -0.3 is 23.7 Å². The number of ether oxygens (including phenoxy) is 5. The van der Waals surface area contributed by atoms with Gasteiger partial charge in [-0.25, -0.2) is 0 Å². The van der Waals surface area contributed by atoms with Crippen LogP contribution >= 0.6 is 0 Å². The van der Waals surface area contributed by atoms with E-state index in [0.717, 1.165) is 70.1 Å². The molecule has 5 aromatic carbocycles. The Hall–Kier alpha value is -4.90. The smallest absolute Gasteiger partial charge is 0.178 e. The Morgan fingerprint density at radius 1 is 0.700 bits per heavy atom. The highest BCUT2D eigenvalue weighted by molar-refractivity contribution is 6.12. The van der Waals surface area contributed by atoms with Gasteiger partial charge in [0.25, 0.3) is 0 Å². The molecular weight excluding hydrogens is 620 g/mol. The van der Waals surface area contributed by atoms with E-state index in [2.05, 4.69) is 94.4 Å². The second kappa shape index (κ2) is 10.6. The number of rotatable bonds is 5. The Morgan fingerprint density at radius 3 is 1.92 bits per heavy atom. The summed E-state index contributed by atoms with van der Waals surface area (Å²) < 4.78 is 31.3. The molecule has 0 aromatic heterocycles. The zero-order valence-electron chi connectivity index (χ0n) is 30.0. The lowest BCUT2D eigenvalue weighted by atomic mass is 9.53. The zero-order chi connectivity index (χ0) is 34.6. The normalized spacial score (nSPS) is 19.3. The van der Waals surface area contributed by atoms with Crippen LogP contribution in [-0.2, 0) is 17.4 Å². The largest absolute Gasteiger partial charge is 0.497 e. The molecule has 1 fully saturated rings. The highest BCUT2D eigenvalue weighted by Crippen LogP contribution is 2.74. The number of hydrogen-bond acceptors (Lipinski definition) is 5. The third-order valence-corrected chi connectivity index (χ3v) is 12.6. The third-order valence-electron chi connectivity index (χ3n) is 12.6. The van der Waals surface area contributed by atoms with Gasteiger partial charge in [0.05, 0.1) is 27.9 Å². The van der Waals surface area contributed by atoms with Gasteiger partial charge in [0, 0.05) is 44.9 Å². The molecule has 254 valence electrons. The van der Waals surface area contributed by atoms with Gasteiger partial charge in [0.2, 0.25) is 0 Å². The van der Waals surface area contributed by atoms with Gasteiger partial charge in [-0.3, -0.25) is 0 Å². The van der Waals surface area contributed by atoms with Crippen LogP contribution in [-0.4, -0.2) is 27.9 Å². The molecule has 1 saturated carbocycles. The van der Waals surface area contributed by atoms with Gasteiger partial charge in [-0.2, -0.15) is 0 Å². The van der Waals surface area contributed by atoms with Gasteiger partial charge in [-0.15, -0.1) is 0 Å². The Bertz CT molecular complexity index is 2160. The first-order valence-electron chi connectivity index (χ1n) is 17.8. The zero-order valence-corrected chi connectivity index (χ0v) is 30.0. The van der Waals surface area contributed by atoms with E-state index < -0.39 is 5.60 Å². The van der Waals surface area contributed by atoms with Crippen LogP contribution in [0.5, 0.6) is 28.7 Å². The van der Waals surface area contributed by atoms with E-state index >= 15 is 0 Å². The first-order valence-corrected chi connectivity index (χ1v) is 17.8. The molecule has 0 atom stereocenters. The molecule has 4 aliphatic rings. The second-order valence-corrected chi connectivity index (χ2v) is 15.6. The van der Waals surface area contributed by atoms with Gasteiger partial charge in [0.15, 0.2) is 17.1 Å². The molecule has 2 heterocycles. The molecule has 0 unspecified atom stereocenters.